The van der Waals surface area contributed by atoms with Gasteiger partial charge < -0.3 is 9.47 Å². The first-order chi connectivity index (χ1) is 14.9. The summed E-state index contributed by atoms with van der Waals surface area (Å²) in [6.07, 6.45) is 3.17. The first kappa shape index (κ1) is 23.2. The molecule has 8 heteroatoms. The minimum Gasteiger partial charge on any atom is -0.488 e. The number of methoxy groups -OCH3 is 1. The Bertz CT molecular complexity index is 1090. The van der Waals surface area contributed by atoms with E-state index in [2.05, 4.69) is 4.98 Å². The number of aromatic nitrogens is 1. The van der Waals surface area contributed by atoms with Crippen LogP contribution in [-0.4, -0.2) is 37.5 Å². The Morgan fingerprint density at radius 3 is 2.42 bits per heavy atom. The molecule has 0 saturated heterocycles. The molecule has 1 aromatic heterocycles. The van der Waals surface area contributed by atoms with Gasteiger partial charge in [-0.3, -0.25) is 4.98 Å². The fourth-order valence-corrected chi connectivity index (χ4v) is 4.83. The highest BCUT2D eigenvalue weighted by Crippen LogP contribution is 2.25. The van der Waals surface area contributed by atoms with E-state index >= 15 is 0 Å². The third kappa shape index (κ3) is 6.51. The molecule has 6 nitrogen and oxygen atoms in total. The molecule has 1 atom stereocenters. The number of nitrogens with zero attached hydrogens (tertiary/aromatic N) is 2. The van der Waals surface area contributed by atoms with Gasteiger partial charge in [-0.15, -0.1) is 0 Å². The predicted molar refractivity (Wildman–Crippen MR) is 121 cm³/mol. The van der Waals surface area contributed by atoms with Gasteiger partial charge in [-0.2, -0.15) is 4.31 Å². The Labute approximate surface area is 188 Å². The molecule has 0 aliphatic heterocycles. The fraction of sp³-hybridized carbons (Fsp3) is 0.261. The van der Waals surface area contributed by atoms with Gasteiger partial charge >= 0.3 is 0 Å². The average Bonchev–Trinajstić information content (AvgIpc) is 2.74. The molecule has 31 heavy (non-hydrogen) atoms. The number of sulfonamides is 1. The Morgan fingerprint density at radius 2 is 1.71 bits per heavy atom. The molecule has 0 spiro atoms. The van der Waals surface area contributed by atoms with E-state index in [-0.39, 0.29) is 24.1 Å². The lowest BCUT2D eigenvalue weighted by atomic mass is 10.2. The van der Waals surface area contributed by atoms with Crippen molar-refractivity contribution in [2.24, 2.45) is 0 Å². The number of pyridine rings is 1. The van der Waals surface area contributed by atoms with Gasteiger partial charge in [0.15, 0.2) is 0 Å². The summed E-state index contributed by atoms with van der Waals surface area (Å²) in [5.41, 5.74) is 1.64. The quantitative estimate of drug-likeness (QED) is 0.444. The van der Waals surface area contributed by atoms with Crippen molar-refractivity contribution in [2.45, 2.75) is 31.0 Å². The zero-order valence-corrected chi connectivity index (χ0v) is 19.0. The van der Waals surface area contributed by atoms with Crippen LogP contribution in [0.25, 0.3) is 0 Å². The molecule has 2 aromatic carbocycles. The molecule has 1 heterocycles. The molecular weight excluding hydrogens is 436 g/mol. The van der Waals surface area contributed by atoms with Crippen LogP contribution in [0, 0.1) is 0 Å². The van der Waals surface area contributed by atoms with E-state index in [4.69, 9.17) is 21.1 Å². The van der Waals surface area contributed by atoms with E-state index in [0.29, 0.717) is 17.4 Å². The maximum absolute atomic E-state index is 13.4. The van der Waals surface area contributed by atoms with Gasteiger partial charge in [0.2, 0.25) is 10.0 Å². The van der Waals surface area contributed by atoms with Crippen LogP contribution < -0.4 is 4.74 Å². The van der Waals surface area contributed by atoms with Crippen LogP contribution in [0.2, 0.25) is 5.02 Å². The fourth-order valence-electron chi connectivity index (χ4n) is 3.12. The van der Waals surface area contributed by atoms with Gasteiger partial charge in [-0.05, 0) is 60.5 Å². The Kier molecular flexibility index (Phi) is 8.03. The highest BCUT2D eigenvalue weighted by Gasteiger charge is 2.25. The summed E-state index contributed by atoms with van der Waals surface area (Å²) in [6, 6.07) is 17.3. The molecule has 0 amide bonds. The summed E-state index contributed by atoms with van der Waals surface area (Å²) in [4.78, 5) is 4.16. The van der Waals surface area contributed by atoms with Crippen LogP contribution in [0.1, 0.15) is 18.1 Å². The maximum atomic E-state index is 13.4. The standard InChI is InChI=1S/C23H25ClN2O4S/c1-18(17-29-2)30-22-7-3-5-20(13-22)16-26(15-19-9-11-25-12-10-19)31(27,28)23-8-4-6-21(24)14-23/h3-14,18H,15-17H2,1-2H3/t18-/m0/s1. The molecular formula is C23H25ClN2O4S. The highest BCUT2D eigenvalue weighted by molar-refractivity contribution is 7.89. The first-order valence-corrected chi connectivity index (χ1v) is 11.6. The van der Waals surface area contributed by atoms with Crippen LogP contribution in [-0.2, 0) is 27.8 Å². The molecule has 0 fully saturated rings. The lowest BCUT2D eigenvalue weighted by Crippen LogP contribution is -2.30. The van der Waals surface area contributed by atoms with Gasteiger partial charge in [0.1, 0.15) is 11.9 Å². The van der Waals surface area contributed by atoms with Crippen molar-refractivity contribution >= 4 is 21.6 Å². The molecule has 0 radical (unpaired) electrons. The monoisotopic (exact) mass is 460 g/mol. The molecule has 0 aliphatic rings. The van der Waals surface area contributed by atoms with Crippen LogP contribution in [0.4, 0.5) is 0 Å². The second kappa shape index (κ2) is 10.7. The van der Waals surface area contributed by atoms with Gasteiger partial charge in [0, 0.05) is 37.6 Å². The third-order valence-electron chi connectivity index (χ3n) is 4.54. The summed E-state index contributed by atoms with van der Waals surface area (Å²) in [5.74, 6) is 0.658. The molecule has 3 aromatic rings. The highest BCUT2D eigenvalue weighted by atomic mass is 35.5. The van der Waals surface area contributed by atoms with E-state index in [0.717, 1.165) is 11.1 Å². The minimum absolute atomic E-state index is 0.122. The second-order valence-electron chi connectivity index (χ2n) is 7.12. The first-order valence-electron chi connectivity index (χ1n) is 9.77. The normalized spacial score (nSPS) is 12.6. The summed E-state index contributed by atoms with van der Waals surface area (Å²) in [7, 11) is -2.18. The van der Waals surface area contributed by atoms with Crippen molar-refractivity contribution < 1.29 is 17.9 Å². The van der Waals surface area contributed by atoms with Crippen molar-refractivity contribution in [3.05, 3.63) is 89.2 Å². The predicted octanol–water partition coefficient (Wildman–Crippen LogP) is 4.54. The lowest BCUT2D eigenvalue weighted by Gasteiger charge is -2.23. The summed E-state index contributed by atoms with van der Waals surface area (Å²) >= 11 is 6.05. The number of halogens is 1. The summed E-state index contributed by atoms with van der Waals surface area (Å²) in [6.45, 7) is 2.74. The molecule has 0 aliphatic carbocycles. The number of hydrogen-bond acceptors (Lipinski definition) is 5. The molecule has 0 unspecified atom stereocenters. The molecule has 164 valence electrons. The van der Waals surface area contributed by atoms with Crippen molar-refractivity contribution in [2.75, 3.05) is 13.7 Å². The second-order valence-corrected chi connectivity index (χ2v) is 9.49. The van der Waals surface area contributed by atoms with Crippen LogP contribution in [0.3, 0.4) is 0 Å². The van der Waals surface area contributed by atoms with Crippen molar-refractivity contribution in [1.82, 2.24) is 9.29 Å². The lowest BCUT2D eigenvalue weighted by molar-refractivity contribution is 0.0920. The average molecular weight is 461 g/mol. The SMILES string of the molecule is COC[C@H](C)Oc1cccc(CN(Cc2ccncc2)S(=O)(=O)c2cccc(Cl)c2)c1. The zero-order valence-electron chi connectivity index (χ0n) is 17.4. The maximum Gasteiger partial charge on any atom is 0.243 e. The van der Waals surface area contributed by atoms with Crippen molar-refractivity contribution in [1.29, 1.82) is 0 Å². The van der Waals surface area contributed by atoms with Crippen LogP contribution in [0.15, 0.2) is 78.0 Å². The largest absolute Gasteiger partial charge is 0.488 e. The number of hydrogen-bond donors (Lipinski definition) is 0. The Hall–Kier alpha value is -2.45. The van der Waals surface area contributed by atoms with Crippen molar-refractivity contribution in [3.8, 4) is 5.75 Å². The number of ether oxygens (including phenoxy) is 2. The third-order valence-corrected chi connectivity index (χ3v) is 6.56. The van der Waals surface area contributed by atoms with Gasteiger partial charge in [-0.1, -0.05) is 29.8 Å². The van der Waals surface area contributed by atoms with E-state index in [1.54, 1.807) is 49.8 Å². The van der Waals surface area contributed by atoms with Crippen molar-refractivity contribution in [3.63, 3.8) is 0 Å². The summed E-state index contributed by atoms with van der Waals surface area (Å²) in [5, 5.41) is 0.368. The molecule has 0 saturated carbocycles. The molecule has 0 N–H and O–H groups in total. The van der Waals surface area contributed by atoms with Gasteiger partial charge in [0.05, 0.1) is 11.5 Å². The van der Waals surface area contributed by atoms with Gasteiger partial charge in [-0.25, -0.2) is 8.42 Å². The number of benzene rings is 2. The minimum atomic E-state index is -3.80. The zero-order chi connectivity index (χ0) is 22.3. The number of rotatable bonds is 10. The Morgan fingerprint density at radius 1 is 1.00 bits per heavy atom. The van der Waals surface area contributed by atoms with E-state index in [1.165, 1.54) is 10.4 Å². The molecule has 0 bridgehead atoms. The van der Waals surface area contributed by atoms with E-state index < -0.39 is 10.0 Å². The smallest absolute Gasteiger partial charge is 0.243 e. The van der Waals surface area contributed by atoms with E-state index in [1.807, 2.05) is 31.2 Å². The Balaban J connectivity index is 1.90. The van der Waals surface area contributed by atoms with Crippen LogP contribution in [0.5, 0.6) is 5.75 Å². The summed E-state index contributed by atoms with van der Waals surface area (Å²) < 4.78 is 39.3. The van der Waals surface area contributed by atoms with E-state index in [9.17, 15) is 8.42 Å². The van der Waals surface area contributed by atoms with Crippen LogP contribution >= 0.6 is 11.6 Å². The topological polar surface area (TPSA) is 68.7 Å². The molecule has 3 rings (SSSR count). The van der Waals surface area contributed by atoms with Gasteiger partial charge in [0.25, 0.3) is 0 Å².